The van der Waals surface area contributed by atoms with E-state index in [0.717, 1.165) is 11.3 Å². The van der Waals surface area contributed by atoms with E-state index in [2.05, 4.69) is 15.0 Å². The minimum atomic E-state index is 0.119. The number of para-hydroxylation sites is 1. The maximum atomic E-state index is 5.89. The summed E-state index contributed by atoms with van der Waals surface area (Å²) in [6.07, 6.45) is 0. The van der Waals surface area contributed by atoms with E-state index in [1.165, 1.54) is 0 Å². The van der Waals surface area contributed by atoms with Crippen molar-refractivity contribution in [1.29, 1.82) is 0 Å². The lowest BCUT2D eigenvalue weighted by atomic mass is 10.2. The van der Waals surface area contributed by atoms with Crippen molar-refractivity contribution in [3.8, 4) is 6.01 Å². The van der Waals surface area contributed by atoms with Crippen LogP contribution in [0, 0.1) is 6.92 Å². The van der Waals surface area contributed by atoms with Gasteiger partial charge in [-0.2, -0.15) is 15.0 Å². The molecule has 6 heteroatoms. The standard InChI is InChI=1S/C13H15ClN4O/c1-4-19-13-16-11(14)15-12(17-13)18(3)10-8-6-5-7-9(10)2/h5-8H,4H2,1-3H3. The fourth-order valence-electron chi connectivity index (χ4n) is 1.71. The van der Waals surface area contributed by atoms with Gasteiger partial charge in [0, 0.05) is 12.7 Å². The van der Waals surface area contributed by atoms with E-state index in [4.69, 9.17) is 16.3 Å². The first kappa shape index (κ1) is 13.5. The van der Waals surface area contributed by atoms with Gasteiger partial charge in [-0.3, -0.25) is 0 Å². The number of halogens is 1. The summed E-state index contributed by atoms with van der Waals surface area (Å²) in [7, 11) is 1.88. The Balaban J connectivity index is 2.38. The largest absolute Gasteiger partial charge is 0.464 e. The van der Waals surface area contributed by atoms with Crippen molar-refractivity contribution in [3.05, 3.63) is 35.1 Å². The van der Waals surface area contributed by atoms with Crippen LogP contribution in [0.5, 0.6) is 6.01 Å². The molecule has 2 rings (SSSR count). The molecule has 0 saturated carbocycles. The highest BCUT2D eigenvalue weighted by atomic mass is 35.5. The maximum Gasteiger partial charge on any atom is 0.322 e. The molecule has 0 amide bonds. The highest BCUT2D eigenvalue weighted by molar-refractivity contribution is 6.28. The topological polar surface area (TPSA) is 51.1 Å². The van der Waals surface area contributed by atoms with Crippen LogP contribution in [-0.2, 0) is 0 Å². The number of nitrogens with zero attached hydrogens (tertiary/aromatic N) is 4. The number of aryl methyl sites for hydroxylation is 1. The van der Waals surface area contributed by atoms with Gasteiger partial charge in [-0.05, 0) is 37.1 Å². The second kappa shape index (κ2) is 5.84. The molecule has 0 aliphatic heterocycles. The monoisotopic (exact) mass is 278 g/mol. The Kier molecular flexibility index (Phi) is 4.16. The first-order chi connectivity index (χ1) is 9.11. The molecule has 0 atom stereocenters. The number of hydrogen-bond acceptors (Lipinski definition) is 5. The van der Waals surface area contributed by atoms with E-state index in [0.29, 0.717) is 12.6 Å². The predicted octanol–water partition coefficient (Wildman–Crippen LogP) is 3.00. The fraction of sp³-hybridized carbons (Fsp3) is 0.308. The number of benzene rings is 1. The zero-order valence-electron chi connectivity index (χ0n) is 11.1. The summed E-state index contributed by atoms with van der Waals surface area (Å²) in [5, 5.41) is 0.119. The van der Waals surface area contributed by atoms with Crippen molar-refractivity contribution in [2.45, 2.75) is 13.8 Å². The molecule has 0 N–H and O–H groups in total. The van der Waals surface area contributed by atoms with Gasteiger partial charge in [-0.1, -0.05) is 18.2 Å². The third-order valence-electron chi connectivity index (χ3n) is 2.63. The molecule has 5 nitrogen and oxygen atoms in total. The van der Waals surface area contributed by atoms with Crippen LogP contribution < -0.4 is 9.64 Å². The molecular formula is C13H15ClN4O. The van der Waals surface area contributed by atoms with Crippen molar-refractivity contribution < 1.29 is 4.74 Å². The van der Waals surface area contributed by atoms with Gasteiger partial charge >= 0.3 is 6.01 Å². The highest BCUT2D eigenvalue weighted by Gasteiger charge is 2.13. The Labute approximate surface area is 117 Å². The van der Waals surface area contributed by atoms with Crippen LogP contribution in [0.15, 0.2) is 24.3 Å². The van der Waals surface area contributed by atoms with Crippen molar-refractivity contribution in [1.82, 2.24) is 15.0 Å². The van der Waals surface area contributed by atoms with E-state index in [-0.39, 0.29) is 11.3 Å². The quantitative estimate of drug-likeness (QED) is 0.860. The van der Waals surface area contributed by atoms with Gasteiger partial charge in [-0.25, -0.2) is 0 Å². The molecule has 0 aliphatic rings. The van der Waals surface area contributed by atoms with E-state index >= 15 is 0 Å². The molecule has 0 saturated heterocycles. The van der Waals surface area contributed by atoms with Gasteiger partial charge in [0.15, 0.2) is 0 Å². The lowest BCUT2D eigenvalue weighted by molar-refractivity contribution is 0.311. The Morgan fingerprint density at radius 3 is 2.63 bits per heavy atom. The summed E-state index contributed by atoms with van der Waals surface area (Å²) in [4.78, 5) is 14.1. The molecule has 0 aliphatic carbocycles. The third-order valence-corrected chi connectivity index (χ3v) is 2.80. The summed E-state index contributed by atoms with van der Waals surface area (Å²) in [6.45, 7) is 4.37. The number of anilines is 2. The van der Waals surface area contributed by atoms with Crippen LogP contribution in [0.25, 0.3) is 0 Å². The molecule has 19 heavy (non-hydrogen) atoms. The molecule has 0 spiro atoms. The molecule has 100 valence electrons. The van der Waals surface area contributed by atoms with Crippen LogP contribution in [0.2, 0.25) is 5.28 Å². The number of ether oxygens (including phenoxy) is 1. The van der Waals surface area contributed by atoms with Crippen LogP contribution >= 0.6 is 11.6 Å². The summed E-state index contributed by atoms with van der Waals surface area (Å²) in [6, 6.07) is 8.20. The van der Waals surface area contributed by atoms with Gasteiger partial charge in [-0.15, -0.1) is 0 Å². The van der Waals surface area contributed by atoms with Crippen molar-refractivity contribution in [2.75, 3.05) is 18.6 Å². The summed E-state index contributed by atoms with van der Waals surface area (Å²) < 4.78 is 5.27. The minimum Gasteiger partial charge on any atom is -0.464 e. The summed E-state index contributed by atoms with van der Waals surface area (Å²) >= 11 is 5.89. The molecule has 0 radical (unpaired) electrons. The zero-order valence-corrected chi connectivity index (χ0v) is 11.8. The SMILES string of the molecule is CCOc1nc(Cl)nc(N(C)c2ccccc2C)n1. The van der Waals surface area contributed by atoms with E-state index in [9.17, 15) is 0 Å². The Bertz CT molecular complexity index is 576. The lowest BCUT2D eigenvalue weighted by Crippen LogP contribution is -2.15. The first-order valence-electron chi connectivity index (χ1n) is 5.95. The summed E-state index contributed by atoms with van der Waals surface area (Å²) in [5.41, 5.74) is 2.13. The maximum absolute atomic E-state index is 5.89. The molecule has 1 heterocycles. The van der Waals surface area contributed by atoms with Gasteiger partial charge in [0.2, 0.25) is 11.2 Å². The van der Waals surface area contributed by atoms with Gasteiger partial charge in [0.05, 0.1) is 6.61 Å². The fourth-order valence-corrected chi connectivity index (χ4v) is 1.86. The smallest absolute Gasteiger partial charge is 0.322 e. The van der Waals surface area contributed by atoms with E-state index in [1.807, 2.05) is 50.1 Å². The van der Waals surface area contributed by atoms with Crippen LogP contribution in [0.3, 0.4) is 0 Å². The number of rotatable bonds is 4. The second-order valence-electron chi connectivity index (χ2n) is 3.97. The average Bonchev–Trinajstić information content (AvgIpc) is 2.38. The minimum absolute atomic E-state index is 0.119. The van der Waals surface area contributed by atoms with E-state index < -0.39 is 0 Å². The number of hydrogen-bond donors (Lipinski definition) is 0. The molecule has 2 aromatic rings. The van der Waals surface area contributed by atoms with Crippen LogP contribution in [-0.4, -0.2) is 28.6 Å². The van der Waals surface area contributed by atoms with Gasteiger partial charge in [0.25, 0.3) is 0 Å². The number of aromatic nitrogens is 3. The Morgan fingerprint density at radius 2 is 1.95 bits per heavy atom. The van der Waals surface area contributed by atoms with Crippen molar-refractivity contribution in [3.63, 3.8) is 0 Å². The normalized spacial score (nSPS) is 10.3. The van der Waals surface area contributed by atoms with Crippen molar-refractivity contribution >= 4 is 23.2 Å². The molecule has 0 fully saturated rings. The lowest BCUT2D eigenvalue weighted by Gasteiger charge is -2.19. The first-order valence-corrected chi connectivity index (χ1v) is 6.33. The second-order valence-corrected chi connectivity index (χ2v) is 4.30. The molecule has 0 bridgehead atoms. The van der Waals surface area contributed by atoms with Crippen LogP contribution in [0.4, 0.5) is 11.6 Å². The summed E-state index contributed by atoms with van der Waals surface area (Å²) in [5.74, 6) is 0.456. The Hall–Kier alpha value is -1.88. The highest BCUT2D eigenvalue weighted by Crippen LogP contribution is 2.25. The van der Waals surface area contributed by atoms with Crippen LogP contribution in [0.1, 0.15) is 12.5 Å². The van der Waals surface area contributed by atoms with Crippen molar-refractivity contribution in [2.24, 2.45) is 0 Å². The third kappa shape index (κ3) is 3.12. The average molecular weight is 279 g/mol. The predicted molar refractivity (Wildman–Crippen MR) is 75.2 cm³/mol. The zero-order chi connectivity index (χ0) is 13.8. The van der Waals surface area contributed by atoms with Gasteiger partial charge in [0.1, 0.15) is 0 Å². The Morgan fingerprint density at radius 1 is 1.21 bits per heavy atom. The molecular weight excluding hydrogens is 264 g/mol. The van der Waals surface area contributed by atoms with E-state index in [1.54, 1.807) is 0 Å². The molecule has 1 aromatic carbocycles. The molecule has 1 aromatic heterocycles. The van der Waals surface area contributed by atoms with Gasteiger partial charge < -0.3 is 9.64 Å². The molecule has 0 unspecified atom stereocenters.